The van der Waals surface area contributed by atoms with Crippen LogP contribution >= 0.6 is 0 Å². The van der Waals surface area contributed by atoms with Crippen LogP contribution in [0.4, 0.5) is 0 Å². The Hall–Kier alpha value is -0.960. The molecular weight excluding hydrogens is 144 g/mol. The second kappa shape index (κ2) is 2.02. The predicted molar refractivity (Wildman–Crippen MR) is 41.6 cm³/mol. The molecule has 0 fully saturated rings. The molecule has 1 aromatic rings. The van der Waals surface area contributed by atoms with Crippen LogP contribution in [0.5, 0.6) is 0 Å². The lowest BCUT2D eigenvalue weighted by Crippen LogP contribution is -2.31. The van der Waals surface area contributed by atoms with Gasteiger partial charge in [-0.2, -0.15) is 4.40 Å². The molecule has 0 spiro atoms. The van der Waals surface area contributed by atoms with Crippen molar-refractivity contribution in [3.63, 3.8) is 0 Å². The monoisotopic (exact) mass is 151 g/mol. The highest BCUT2D eigenvalue weighted by molar-refractivity contribution is 7.83. The topological polar surface area (TPSA) is 38.0 Å². The average molecular weight is 151 g/mol. The Morgan fingerprint density at radius 3 is 2.90 bits per heavy atom. The molecule has 0 radical (unpaired) electrons. The first-order chi connectivity index (χ1) is 4.88. The lowest BCUT2D eigenvalue weighted by atomic mass is 10.2. The largest absolute Gasteiger partial charge is 0.212 e. The van der Waals surface area contributed by atoms with E-state index in [0.29, 0.717) is 0 Å². The maximum atomic E-state index is 5.68. The summed E-state index contributed by atoms with van der Waals surface area (Å²) in [7, 11) is -0.378. The van der Waals surface area contributed by atoms with Crippen molar-refractivity contribution >= 4 is 17.1 Å². The van der Waals surface area contributed by atoms with Crippen LogP contribution < -0.4 is 4.78 Å². The van der Waals surface area contributed by atoms with Gasteiger partial charge in [-0.15, -0.1) is 0 Å². The minimum Gasteiger partial charge on any atom is -0.212 e. The molecule has 2 N–H and O–H groups in total. The van der Waals surface area contributed by atoms with Crippen LogP contribution in [0.3, 0.4) is 0 Å². The number of fused-ring (bicyclic) bond motifs is 1. The van der Waals surface area contributed by atoms with E-state index in [1.807, 2.05) is 30.5 Å². The lowest BCUT2D eigenvalue weighted by Gasteiger charge is -1.89. The highest BCUT2D eigenvalue weighted by Crippen LogP contribution is 2.16. The molecule has 2 rings (SSSR count). The minimum absolute atomic E-state index is 0.378. The third kappa shape index (κ3) is 0.708. The van der Waals surface area contributed by atoms with E-state index in [2.05, 4.69) is 4.40 Å². The van der Waals surface area contributed by atoms with Crippen LogP contribution in [0.25, 0.3) is 0 Å². The van der Waals surface area contributed by atoms with Crippen LogP contribution in [0.1, 0.15) is 5.56 Å². The average Bonchev–Trinajstić information content (AvgIpc) is 2.34. The van der Waals surface area contributed by atoms with Gasteiger partial charge in [-0.25, -0.2) is 4.78 Å². The smallest absolute Gasteiger partial charge is 0.194 e. The third-order valence-electron chi connectivity index (χ3n) is 1.45. The summed E-state index contributed by atoms with van der Waals surface area (Å²) in [6, 6.07) is 8.03. The summed E-state index contributed by atoms with van der Waals surface area (Å²) in [4.78, 5) is 1.16. The summed E-state index contributed by atoms with van der Waals surface area (Å²) in [6.45, 7) is 0. The van der Waals surface area contributed by atoms with Gasteiger partial charge in [-0.3, -0.25) is 0 Å². The Balaban J connectivity index is 2.70. The number of nitrogens with zero attached hydrogens (tertiary/aromatic N) is 1. The molecule has 1 aromatic carbocycles. The molecule has 0 aromatic heterocycles. The Kier molecular flexibility index (Phi) is 1.17. The molecule has 1 heterocycles. The van der Waals surface area contributed by atoms with Gasteiger partial charge in [0, 0.05) is 11.8 Å². The highest BCUT2D eigenvalue weighted by Gasteiger charge is 2.12. The van der Waals surface area contributed by atoms with E-state index in [4.69, 9.17) is 4.78 Å². The highest BCUT2D eigenvalue weighted by atomic mass is 32.2. The first-order valence-corrected chi connectivity index (χ1v) is 4.24. The van der Waals surface area contributed by atoms with Crippen molar-refractivity contribution < 1.29 is 4.78 Å². The summed E-state index contributed by atoms with van der Waals surface area (Å²) in [6.07, 6.45) is 1.83. The summed E-state index contributed by atoms with van der Waals surface area (Å²) in [5, 5.41) is 0. The molecule has 0 aliphatic carbocycles. The lowest BCUT2D eigenvalue weighted by molar-refractivity contribution is -0.0755. The molecule has 1 unspecified atom stereocenters. The van der Waals surface area contributed by atoms with Gasteiger partial charge in [0.15, 0.2) is 10.9 Å². The molecule has 0 saturated heterocycles. The molecule has 50 valence electrons. The van der Waals surface area contributed by atoms with Crippen molar-refractivity contribution in [2.24, 2.45) is 4.40 Å². The molecule has 0 saturated carbocycles. The number of hydrogen-bond donors (Lipinski definition) is 1. The predicted octanol–water partition coefficient (Wildman–Crippen LogP) is -0.0460. The van der Waals surface area contributed by atoms with Crippen LogP contribution in [-0.2, 0) is 10.9 Å². The quantitative estimate of drug-likeness (QED) is 0.540. The third-order valence-corrected chi connectivity index (χ3v) is 2.60. The molecule has 1 atom stereocenters. The maximum absolute atomic E-state index is 5.68. The van der Waals surface area contributed by atoms with Crippen molar-refractivity contribution in [3.8, 4) is 0 Å². The van der Waals surface area contributed by atoms with Gasteiger partial charge < -0.3 is 0 Å². The van der Waals surface area contributed by atoms with E-state index < -0.39 is 0 Å². The van der Waals surface area contributed by atoms with Crippen LogP contribution in [0.2, 0.25) is 0 Å². The van der Waals surface area contributed by atoms with Gasteiger partial charge in [0.25, 0.3) is 0 Å². The second-order valence-electron chi connectivity index (χ2n) is 2.09. The van der Waals surface area contributed by atoms with Crippen molar-refractivity contribution in [3.05, 3.63) is 29.8 Å². The summed E-state index contributed by atoms with van der Waals surface area (Å²) >= 11 is 0. The molecule has 3 heteroatoms. The summed E-state index contributed by atoms with van der Waals surface area (Å²) in [5.74, 6) is 0. The molecule has 0 amide bonds. The van der Waals surface area contributed by atoms with E-state index in [0.717, 1.165) is 10.5 Å². The number of nitrogens with two attached hydrogens (primary N) is 1. The minimum atomic E-state index is -0.378. The van der Waals surface area contributed by atoms with Crippen molar-refractivity contribution in [1.29, 1.82) is 0 Å². The standard InChI is InChI=1S/C7H6N2S/c8-10-7-4-2-1-3-6(7)5-9-10/h1-5,8H/p+1. The first kappa shape index (κ1) is 5.80. The van der Waals surface area contributed by atoms with E-state index >= 15 is 0 Å². The van der Waals surface area contributed by atoms with E-state index in [-0.39, 0.29) is 10.9 Å². The fourth-order valence-electron chi connectivity index (χ4n) is 0.948. The molecular formula is C7H7N2S+. The fourth-order valence-corrected chi connectivity index (χ4v) is 1.87. The summed E-state index contributed by atoms with van der Waals surface area (Å²) < 4.78 is 9.76. The Bertz CT molecular complexity index is 317. The fraction of sp³-hybridized carbons (Fsp3) is 0. The Labute approximate surface area is 61.6 Å². The summed E-state index contributed by atoms with van der Waals surface area (Å²) in [5.41, 5.74) is 1.16. The van der Waals surface area contributed by atoms with Crippen LogP contribution in [0.15, 0.2) is 33.6 Å². The SMILES string of the molecule is [NH2+]=S1N=Cc2ccccc21. The first-order valence-electron chi connectivity index (χ1n) is 3.00. The second-order valence-corrected chi connectivity index (χ2v) is 3.37. The molecule has 1 aliphatic heterocycles. The van der Waals surface area contributed by atoms with Crippen molar-refractivity contribution in [2.75, 3.05) is 0 Å². The zero-order chi connectivity index (χ0) is 6.97. The normalized spacial score (nSPS) is 21.0. The molecule has 1 aliphatic rings. The molecule has 0 bridgehead atoms. The van der Waals surface area contributed by atoms with Crippen LogP contribution in [-0.4, -0.2) is 6.21 Å². The van der Waals surface area contributed by atoms with Crippen molar-refractivity contribution in [1.82, 2.24) is 0 Å². The zero-order valence-corrected chi connectivity index (χ0v) is 6.14. The number of benzene rings is 1. The van der Waals surface area contributed by atoms with E-state index in [1.54, 1.807) is 0 Å². The van der Waals surface area contributed by atoms with E-state index in [1.165, 1.54) is 0 Å². The van der Waals surface area contributed by atoms with Crippen molar-refractivity contribution in [2.45, 2.75) is 4.90 Å². The van der Waals surface area contributed by atoms with Gasteiger partial charge in [0.05, 0.1) is 4.90 Å². The van der Waals surface area contributed by atoms with Gasteiger partial charge in [-0.1, -0.05) is 18.2 Å². The zero-order valence-electron chi connectivity index (χ0n) is 5.32. The van der Waals surface area contributed by atoms with Gasteiger partial charge >= 0.3 is 0 Å². The van der Waals surface area contributed by atoms with Gasteiger partial charge in [0.1, 0.15) is 0 Å². The molecule has 10 heavy (non-hydrogen) atoms. The molecule has 2 nitrogen and oxygen atoms in total. The maximum Gasteiger partial charge on any atom is 0.194 e. The Morgan fingerprint density at radius 2 is 2.10 bits per heavy atom. The number of hydrogen-bond acceptors (Lipinski definition) is 0. The Morgan fingerprint density at radius 1 is 1.30 bits per heavy atom. The van der Waals surface area contributed by atoms with Crippen LogP contribution in [0, 0.1) is 0 Å². The van der Waals surface area contributed by atoms with Gasteiger partial charge in [-0.05, 0) is 6.07 Å². The van der Waals surface area contributed by atoms with E-state index in [9.17, 15) is 0 Å². The number of rotatable bonds is 0. The van der Waals surface area contributed by atoms with Gasteiger partial charge in [0.2, 0.25) is 0 Å².